The Morgan fingerprint density at radius 1 is 1.13 bits per heavy atom. The van der Waals surface area contributed by atoms with Crippen LogP contribution in [-0.2, 0) is 14.3 Å². The molecule has 202 valence electrons. The lowest BCUT2D eigenvalue weighted by molar-refractivity contribution is -0.140. The lowest BCUT2D eigenvalue weighted by atomic mass is 9.93. The van der Waals surface area contributed by atoms with Gasteiger partial charge in [-0.1, -0.05) is 24.8 Å². The van der Waals surface area contributed by atoms with E-state index in [2.05, 4.69) is 11.5 Å². The van der Waals surface area contributed by atoms with E-state index in [-0.39, 0.29) is 11.3 Å². The molecule has 0 aromatic heterocycles. The first-order valence-electron chi connectivity index (χ1n) is 13.0. The summed E-state index contributed by atoms with van der Waals surface area (Å²) in [6.07, 6.45) is 2.37. The van der Waals surface area contributed by atoms with Crippen LogP contribution in [0.5, 0.6) is 5.75 Å². The van der Waals surface area contributed by atoms with Crippen molar-refractivity contribution < 1.29 is 24.2 Å². The first kappa shape index (κ1) is 27.4. The molecule has 8 nitrogen and oxygen atoms in total. The minimum atomic E-state index is -0.674. The number of likely N-dealkylation sites (tertiary alicyclic amines) is 1. The number of aryl methyl sites for hydroxylation is 1. The Labute approximate surface area is 224 Å². The summed E-state index contributed by atoms with van der Waals surface area (Å²) >= 11 is 0. The van der Waals surface area contributed by atoms with Gasteiger partial charge < -0.3 is 24.4 Å². The number of ketones is 1. The largest absolute Gasteiger partial charge is 0.507 e. The molecule has 2 heterocycles. The van der Waals surface area contributed by atoms with E-state index in [0.29, 0.717) is 44.1 Å². The zero-order chi connectivity index (χ0) is 27.2. The average Bonchev–Trinajstić information content (AvgIpc) is 3.17. The summed E-state index contributed by atoms with van der Waals surface area (Å²) in [5.41, 5.74) is 3.14. The van der Waals surface area contributed by atoms with Gasteiger partial charge in [-0.15, -0.1) is 0 Å². The Hall–Kier alpha value is -3.62. The predicted octanol–water partition coefficient (Wildman–Crippen LogP) is 3.77. The van der Waals surface area contributed by atoms with Gasteiger partial charge in [0.2, 0.25) is 0 Å². The van der Waals surface area contributed by atoms with Crippen molar-refractivity contribution >= 4 is 23.1 Å². The average molecular weight is 520 g/mol. The van der Waals surface area contributed by atoms with Gasteiger partial charge in [0.15, 0.2) is 0 Å². The van der Waals surface area contributed by atoms with Gasteiger partial charge >= 0.3 is 0 Å². The minimum Gasteiger partial charge on any atom is -0.507 e. The van der Waals surface area contributed by atoms with E-state index in [4.69, 9.17) is 9.47 Å². The van der Waals surface area contributed by atoms with Crippen molar-refractivity contribution in [3.63, 3.8) is 0 Å². The standard InChI is InChI=1S/C30H37N3O5/c1-5-17-38-24-11-12-25(21(2)20-24)28(34)26-27(22-7-9-23(10-8-22)31(3)4)33(30(36)29(26)35)14-6-13-32-15-18-37-19-16-32/h5,7-12,20,27,34H,1,6,13-19H2,2-4H3/b28-26-. The predicted molar refractivity (Wildman–Crippen MR) is 149 cm³/mol. The molecule has 38 heavy (non-hydrogen) atoms. The highest BCUT2D eigenvalue weighted by Gasteiger charge is 2.46. The monoisotopic (exact) mass is 519 g/mol. The fraction of sp³-hybridized carbons (Fsp3) is 0.400. The molecule has 2 aliphatic heterocycles. The number of rotatable bonds is 10. The molecule has 1 unspecified atom stereocenters. The van der Waals surface area contributed by atoms with Crippen LogP contribution in [-0.4, -0.2) is 86.7 Å². The number of hydrogen-bond acceptors (Lipinski definition) is 7. The number of hydrogen-bond donors (Lipinski definition) is 1. The summed E-state index contributed by atoms with van der Waals surface area (Å²) in [6, 6.07) is 12.4. The van der Waals surface area contributed by atoms with Crippen LogP contribution in [0, 0.1) is 6.92 Å². The maximum Gasteiger partial charge on any atom is 0.295 e. The summed E-state index contributed by atoms with van der Waals surface area (Å²) in [5, 5.41) is 11.5. The van der Waals surface area contributed by atoms with Crippen LogP contribution in [0.15, 0.2) is 60.7 Å². The molecule has 2 fully saturated rings. The molecule has 2 saturated heterocycles. The van der Waals surface area contributed by atoms with Gasteiger partial charge in [0.1, 0.15) is 18.1 Å². The van der Waals surface area contributed by atoms with E-state index < -0.39 is 17.7 Å². The van der Waals surface area contributed by atoms with Crippen LogP contribution in [0.1, 0.15) is 29.2 Å². The molecule has 2 aromatic carbocycles. The number of amides is 1. The van der Waals surface area contributed by atoms with E-state index >= 15 is 0 Å². The van der Waals surface area contributed by atoms with Crippen molar-refractivity contribution in [2.24, 2.45) is 0 Å². The van der Waals surface area contributed by atoms with Gasteiger partial charge in [0.05, 0.1) is 24.8 Å². The smallest absolute Gasteiger partial charge is 0.295 e. The van der Waals surface area contributed by atoms with E-state index in [0.717, 1.165) is 36.4 Å². The van der Waals surface area contributed by atoms with E-state index in [9.17, 15) is 14.7 Å². The number of aliphatic hydroxyl groups excluding tert-OH is 1. The first-order chi connectivity index (χ1) is 18.3. The number of morpholine rings is 1. The highest BCUT2D eigenvalue weighted by molar-refractivity contribution is 6.46. The Kier molecular flexibility index (Phi) is 8.86. The van der Waals surface area contributed by atoms with Crippen LogP contribution < -0.4 is 9.64 Å². The lowest BCUT2D eigenvalue weighted by Crippen LogP contribution is -2.38. The Morgan fingerprint density at radius 3 is 2.47 bits per heavy atom. The normalized spacial score (nSPS) is 19.6. The van der Waals surface area contributed by atoms with Crippen molar-refractivity contribution in [3.05, 3.63) is 77.4 Å². The Balaban J connectivity index is 1.69. The molecule has 2 aliphatic rings. The molecule has 1 N–H and O–H groups in total. The fourth-order valence-corrected chi connectivity index (χ4v) is 4.99. The molecular formula is C30H37N3O5. The van der Waals surface area contributed by atoms with Crippen molar-refractivity contribution in [1.29, 1.82) is 0 Å². The summed E-state index contributed by atoms with van der Waals surface area (Å²) in [6.45, 7) is 10.2. The van der Waals surface area contributed by atoms with Gasteiger partial charge in [-0.2, -0.15) is 0 Å². The third-order valence-electron chi connectivity index (χ3n) is 7.06. The number of nitrogens with zero attached hydrogens (tertiary/aromatic N) is 3. The summed E-state index contributed by atoms with van der Waals surface area (Å²) in [7, 11) is 3.91. The molecule has 0 bridgehead atoms. The van der Waals surface area contributed by atoms with Crippen LogP contribution >= 0.6 is 0 Å². The van der Waals surface area contributed by atoms with Crippen LogP contribution in [0.4, 0.5) is 5.69 Å². The number of carbonyl (C=O) groups is 2. The minimum absolute atomic E-state index is 0.113. The summed E-state index contributed by atoms with van der Waals surface area (Å²) in [5.74, 6) is -0.785. The number of Topliss-reactive ketones (excluding diaryl/α,β-unsaturated/α-hetero) is 1. The Morgan fingerprint density at radius 2 is 1.84 bits per heavy atom. The van der Waals surface area contributed by atoms with Crippen LogP contribution in [0.2, 0.25) is 0 Å². The van der Waals surface area contributed by atoms with E-state index in [1.807, 2.05) is 50.2 Å². The molecular weight excluding hydrogens is 482 g/mol. The van der Waals surface area contributed by atoms with Crippen molar-refractivity contribution in [1.82, 2.24) is 9.80 Å². The van der Waals surface area contributed by atoms with E-state index in [1.54, 1.807) is 29.2 Å². The van der Waals surface area contributed by atoms with Gasteiger partial charge in [-0.25, -0.2) is 0 Å². The SMILES string of the molecule is C=CCOc1ccc(/C(O)=C2/C(=O)C(=O)N(CCCN3CCOCC3)C2c2ccc(N(C)C)cc2)c(C)c1. The molecule has 0 aliphatic carbocycles. The van der Waals surface area contributed by atoms with Crippen molar-refractivity contribution in [2.75, 3.05) is 65.0 Å². The second kappa shape index (κ2) is 12.3. The molecule has 0 saturated carbocycles. The molecule has 1 atom stereocenters. The van der Waals surface area contributed by atoms with Crippen LogP contribution in [0.25, 0.3) is 5.76 Å². The number of benzene rings is 2. The van der Waals surface area contributed by atoms with Crippen LogP contribution in [0.3, 0.4) is 0 Å². The second-order valence-electron chi connectivity index (χ2n) is 9.86. The number of aliphatic hydroxyl groups is 1. The van der Waals surface area contributed by atoms with Crippen molar-refractivity contribution in [2.45, 2.75) is 19.4 Å². The van der Waals surface area contributed by atoms with Gasteiger partial charge in [0.25, 0.3) is 11.7 Å². The van der Waals surface area contributed by atoms with Crippen molar-refractivity contribution in [3.8, 4) is 5.75 Å². The number of carbonyl (C=O) groups excluding carboxylic acids is 2. The highest BCUT2D eigenvalue weighted by atomic mass is 16.5. The third-order valence-corrected chi connectivity index (χ3v) is 7.06. The summed E-state index contributed by atoms with van der Waals surface area (Å²) < 4.78 is 11.0. The topological polar surface area (TPSA) is 82.5 Å². The molecule has 0 radical (unpaired) electrons. The summed E-state index contributed by atoms with van der Waals surface area (Å²) in [4.78, 5) is 32.6. The quantitative estimate of drug-likeness (QED) is 0.221. The molecule has 2 aromatic rings. The zero-order valence-corrected chi connectivity index (χ0v) is 22.5. The third kappa shape index (κ3) is 5.92. The lowest BCUT2D eigenvalue weighted by Gasteiger charge is -2.29. The fourth-order valence-electron chi connectivity index (χ4n) is 4.99. The van der Waals surface area contributed by atoms with Gasteiger partial charge in [-0.3, -0.25) is 14.5 Å². The highest BCUT2D eigenvalue weighted by Crippen LogP contribution is 2.40. The first-order valence-corrected chi connectivity index (χ1v) is 13.0. The maximum absolute atomic E-state index is 13.4. The van der Waals surface area contributed by atoms with Gasteiger partial charge in [-0.05, 0) is 54.8 Å². The Bertz CT molecular complexity index is 1200. The number of ether oxygens (including phenoxy) is 2. The number of anilines is 1. The molecule has 1 amide bonds. The molecule has 8 heteroatoms. The van der Waals surface area contributed by atoms with Gasteiger partial charge in [0, 0.05) is 51.5 Å². The maximum atomic E-state index is 13.4. The molecule has 0 spiro atoms. The molecule has 4 rings (SSSR count). The zero-order valence-electron chi connectivity index (χ0n) is 22.5. The van der Waals surface area contributed by atoms with E-state index in [1.165, 1.54) is 0 Å². The second-order valence-corrected chi connectivity index (χ2v) is 9.86.